The molecule has 1 aliphatic rings. The van der Waals surface area contributed by atoms with Crippen LogP contribution >= 0.6 is 11.3 Å². The molecule has 4 aromatic rings. The number of piperidine rings is 1. The second-order valence-corrected chi connectivity index (χ2v) is 8.74. The molecule has 32 heavy (non-hydrogen) atoms. The summed E-state index contributed by atoms with van der Waals surface area (Å²) in [6.45, 7) is 1.19. The van der Waals surface area contributed by atoms with Gasteiger partial charge < -0.3 is 25.6 Å². The van der Waals surface area contributed by atoms with Gasteiger partial charge in [0.2, 0.25) is 5.91 Å². The van der Waals surface area contributed by atoms with Crippen molar-refractivity contribution >= 4 is 56.1 Å². The van der Waals surface area contributed by atoms with Crippen LogP contribution in [0.4, 0.5) is 16.3 Å². The monoisotopic (exact) mass is 451 g/mol. The van der Waals surface area contributed by atoms with Crippen LogP contribution < -0.4 is 15.5 Å². The van der Waals surface area contributed by atoms with Gasteiger partial charge in [0.25, 0.3) is 0 Å². The fraction of sp³-hybridized carbons (Fsp3) is 0.286. The van der Waals surface area contributed by atoms with Gasteiger partial charge in [-0.1, -0.05) is 0 Å². The van der Waals surface area contributed by atoms with E-state index in [0.29, 0.717) is 31.6 Å². The van der Waals surface area contributed by atoms with Gasteiger partial charge in [-0.15, -0.1) is 11.3 Å². The minimum atomic E-state index is -1.14. The molecule has 1 saturated heterocycles. The maximum Gasteiger partial charge on any atom is 0.404 e. The number of anilines is 2. The zero-order chi connectivity index (χ0) is 22.1. The van der Waals surface area contributed by atoms with E-state index in [1.54, 1.807) is 5.51 Å². The Hall–Kier alpha value is -3.73. The summed E-state index contributed by atoms with van der Waals surface area (Å²) in [5.41, 5.74) is 3.22. The Morgan fingerprint density at radius 1 is 1.19 bits per heavy atom. The molecule has 2 amide bonds. The predicted octanol–water partition coefficient (Wildman–Crippen LogP) is 3.06. The molecule has 0 spiro atoms. The van der Waals surface area contributed by atoms with E-state index in [9.17, 15) is 14.7 Å². The van der Waals surface area contributed by atoms with E-state index in [1.165, 1.54) is 17.7 Å². The van der Waals surface area contributed by atoms with Crippen LogP contribution in [0.2, 0.25) is 0 Å². The van der Waals surface area contributed by atoms with E-state index >= 15 is 0 Å². The van der Waals surface area contributed by atoms with E-state index < -0.39 is 11.5 Å². The number of benzene rings is 1. The highest BCUT2D eigenvalue weighted by Gasteiger charge is 2.42. The van der Waals surface area contributed by atoms with Crippen LogP contribution in [0.5, 0.6) is 0 Å². The Labute approximate surface area is 186 Å². The van der Waals surface area contributed by atoms with Crippen LogP contribution in [-0.4, -0.2) is 56.7 Å². The first-order valence-electron chi connectivity index (χ1n) is 10.2. The molecular formula is C21H21N7O3S. The fourth-order valence-corrected chi connectivity index (χ4v) is 4.90. The number of carbonyl (C=O) groups is 2. The summed E-state index contributed by atoms with van der Waals surface area (Å²) in [7, 11) is 0. The maximum absolute atomic E-state index is 13.4. The molecular weight excluding hydrogens is 430 g/mol. The van der Waals surface area contributed by atoms with Crippen molar-refractivity contribution in [3.05, 3.63) is 42.3 Å². The number of aromatic nitrogens is 4. The smallest absolute Gasteiger partial charge is 0.404 e. The van der Waals surface area contributed by atoms with Gasteiger partial charge >= 0.3 is 6.09 Å². The van der Waals surface area contributed by atoms with Crippen LogP contribution in [0.1, 0.15) is 12.8 Å². The molecule has 1 aliphatic heterocycles. The van der Waals surface area contributed by atoms with Gasteiger partial charge in [0.15, 0.2) is 0 Å². The lowest BCUT2D eigenvalue weighted by Gasteiger charge is -2.41. The summed E-state index contributed by atoms with van der Waals surface area (Å²) in [5.74, 6) is 0.622. The fourth-order valence-electron chi connectivity index (χ4n) is 4.18. The average Bonchev–Trinajstić information content (AvgIpc) is 3.47. The molecule has 3 aromatic heterocycles. The van der Waals surface area contributed by atoms with Crippen molar-refractivity contribution in [3.8, 4) is 0 Å². The Morgan fingerprint density at radius 3 is 2.84 bits per heavy atom. The molecule has 11 heteroatoms. The number of H-pyrrole nitrogens is 1. The minimum Gasteiger partial charge on any atom is -0.465 e. The summed E-state index contributed by atoms with van der Waals surface area (Å²) >= 11 is 1.50. The molecule has 4 heterocycles. The quantitative estimate of drug-likeness (QED) is 0.366. The molecule has 164 valence electrons. The van der Waals surface area contributed by atoms with Crippen molar-refractivity contribution in [2.24, 2.45) is 5.41 Å². The van der Waals surface area contributed by atoms with Crippen molar-refractivity contribution in [3.63, 3.8) is 0 Å². The SMILES string of the molecule is O=C(O)NCC1(C(=O)Nc2ccc3ncsc3c2)CCN(c2ncnc3[nH]ccc23)CC1. The number of amides is 2. The Morgan fingerprint density at radius 2 is 2.03 bits per heavy atom. The molecule has 0 atom stereocenters. The first-order valence-corrected chi connectivity index (χ1v) is 11.1. The maximum atomic E-state index is 13.4. The van der Waals surface area contributed by atoms with Crippen molar-refractivity contribution in [2.45, 2.75) is 12.8 Å². The van der Waals surface area contributed by atoms with Gasteiger partial charge in [0.1, 0.15) is 17.8 Å². The lowest BCUT2D eigenvalue weighted by molar-refractivity contribution is -0.126. The Kier molecular flexibility index (Phi) is 5.10. The molecule has 0 unspecified atom stereocenters. The molecule has 1 fully saturated rings. The number of aromatic amines is 1. The number of hydrogen-bond acceptors (Lipinski definition) is 7. The van der Waals surface area contributed by atoms with E-state index in [1.807, 2.05) is 30.5 Å². The molecule has 0 bridgehead atoms. The van der Waals surface area contributed by atoms with E-state index in [4.69, 9.17) is 0 Å². The lowest BCUT2D eigenvalue weighted by Crippen LogP contribution is -2.52. The third-order valence-corrected chi connectivity index (χ3v) is 6.79. The zero-order valence-electron chi connectivity index (χ0n) is 17.0. The van der Waals surface area contributed by atoms with Gasteiger partial charge in [-0.2, -0.15) is 0 Å². The molecule has 0 radical (unpaired) electrons. The molecule has 10 nitrogen and oxygen atoms in total. The number of carboxylic acid groups (broad SMARTS) is 1. The second-order valence-electron chi connectivity index (χ2n) is 7.85. The zero-order valence-corrected chi connectivity index (χ0v) is 17.9. The lowest BCUT2D eigenvalue weighted by atomic mass is 9.77. The Balaban J connectivity index is 1.36. The van der Waals surface area contributed by atoms with Crippen LogP contribution in [0.15, 0.2) is 42.3 Å². The van der Waals surface area contributed by atoms with E-state index in [2.05, 4.69) is 35.5 Å². The largest absolute Gasteiger partial charge is 0.465 e. The number of nitrogens with zero attached hydrogens (tertiary/aromatic N) is 4. The van der Waals surface area contributed by atoms with Gasteiger partial charge in [0, 0.05) is 31.5 Å². The molecule has 0 aliphatic carbocycles. The minimum absolute atomic E-state index is 0.0497. The molecule has 5 rings (SSSR count). The number of hydrogen-bond donors (Lipinski definition) is 4. The summed E-state index contributed by atoms with van der Waals surface area (Å²) in [6.07, 6.45) is 3.16. The topological polar surface area (TPSA) is 136 Å². The van der Waals surface area contributed by atoms with Crippen LogP contribution in [-0.2, 0) is 4.79 Å². The summed E-state index contributed by atoms with van der Waals surface area (Å²) in [6, 6.07) is 7.50. The highest BCUT2D eigenvalue weighted by Crippen LogP contribution is 2.36. The number of carbonyl (C=O) groups excluding carboxylic acids is 1. The first-order chi connectivity index (χ1) is 15.5. The van der Waals surface area contributed by atoms with E-state index in [-0.39, 0.29) is 12.5 Å². The highest BCUT2D eigenvalue weighted by molar-refractivity contribution is 7.16. The predicted molar refractivity (Wildman–Crippen MR) is 122 cm³/mol. The van der Waals surface area contributed by atoms with Crippen molar-refractivity contribution < 1.29 is 14.7 Å². The van der Waals surface area contributed by atoms with Crippen molar-refractivity contribution in [1.29, 1.82) is 0 Å². The normalized spacial score (nSPS) is 15.7. The number of thiazole rings is 1. The van der Waals surface area contributed by atoms with Crippen LogP contribution in [0.3, 0.4) is 0 Å². The van der Waals surface area contributed by atoms with Crippen molar-refractivity contribution in [1.82, 2.24) is 25.3 Å². The van der Waals surface area contributed by atoms with Crippen molar-refractivity contribution in [2.75, 3.05) is 29.9 Å². The molecule has 1 aromatic carbocycles. The third-order valence-electron chi connectivity index (χ3n) is 6.00. The number of nitrogens with one attached hydrogen (secondary N) is 3. The standard InChI is InChI=1S/C21H21N7O3S/c29-19(27-13-1-2-15-16(9-13)32-12-26-15)21(10-23-20(30)31)4-7-28(8-5-21)18-14-3-6-22-17(14)24-11-25-18/h1-3,6,9,11-12,23H,4-5,7-8,10H2,(H,27,29)(H,30,31)(H,22,24,25). The van der Waals surface area contributed by atoms with Crippen LogP contribution in [0, 0.1) is 5.41 Å². The van der Waals surface area contributed by atoms with Gasteiger partial charge in [-0.25, -0.2) is 19.7 Å². The second kappa shape index (κ2) is 8.08. The average molecular weight is 452 g/mol. The van der Waals surface area contributed by atoms with Gasteiger partial charge in [0.05, 0.1) is 26.5 Å². The van der Waals surface area contributed by atoms with Gasteiger partial charge in [-0.3, -0.25) is 4.79 Å². The Bertz CT molecular complexity index is 1290. The number of rotatable bonds is 5. The summed E-state index contributed by atoms with van der Waals surface area (Å²) < 4.78 is 0.981. The van der Waals surface area contributed by atoms with Crippen LogP contribution in [0.25, 0.3) is 21.3 Å². The summed E-state index contributed by atoms with van der Waals surface area (Å²) in [5, 5.41) is 15.5. The highest BCUT2D eigenvalue weighted by atomic mass is 32.1. The third kappa shape index (κ3) is 3.71. The van der Waals surface area contributed by atoms with E-state index in [0.717, 1.165) is 27.1 Å². The first kappa shape index (κ1) is 20.2. The number of fused-ring (bicyclic) bond motifs is 2. The van der Waals surface area contributed by atoms with Gasteiger partial charge in [-0.05, 0) is 37.1 Å². The summed E-state index contributed by atoms with van der Waals surface area (Å²) in [4.78, 5) is 42.7. The molecule has 0 saturated carbocycles. The molecule has 4 N–H and O–H groups in total.